The average Bonchev–Trinajstić information content (AvgIpc) is 2.38. The molecule has 0 spiro atoms. The fourth-order valence-corrected chi connectivity index (χ4v) is 1.86. The summed E-state index contributed by atoms with van der Waals surface area (Å²) in [4.78, 5) is 2.20. The largest absolute Gasteiger partial charge is 0.486 e. The zero-order valence-corrected chi connectivity index (χ0v) is 10.5. The summed E-state index contributed by atoms with van der Waals surface area (Å²) in [6, 6.07) is 5.95. The molecule has 1 aromatic carbocycles. The fourth-order valence-electron chi connectivity index (χ4n) is 1.86. The normalized spacial score (nSPS) is 16.0. The van der Waals surface area contributed by atoms with Crippen LogP contribution in [0, 0.1) is 0 Å². The molecule has 1 aliphatic rings. The molecule has 0 amide bonds. The standard InChI is InChI=1S/C13H20N2O2/c1-3-15(2)9-11(14)10-4-5-12-13(8-10)17-7-6-16-12/h4-5,8,11H,3,6-7,9,14H2,1-2H3. The summed E-state index contributed by atoms with van der Waals surface area (Å²) in [6.07, 6.45) is 0. The highest BCUT2D eigenvalue weighted by atomic mass is 16.6. The maximum absolute atomic E-state index is 6.17. The highest BCUT2D eigenvalue weighted by molar-refractivity contribution is 5.44. The van der Waals surface area contributed by atoms with Gasteiger partial charge in [0.25, 0.3) is 0 Å². The Balaban J connectivity index is 2.10. The Morgan fingerprint density at radius 2 is 2.00 bits per heavy atom. The van der Waals surface area contributed by atoms with Crippen LogP contribution < -0.4 is 15.2 Å². The molecule has 0 fully saturated rings. The predicted molar refractivity (Wildman–Crippen MR) is 67.5 cm³/mol. The van der Waals surface area contributed by atoms with Crippen molar-refractivity contribution in [1.29, 1.82) is 0 Å². The van der Waals surface area contributed by atoms with Gasteiger partial charge in [-0.2, -0.15) is 0 Å². The Kier molecular flexibility index (Phi) is 3.86. The van der Waals surface area contributed by atoms with Gasteiger partial charge in [-0.25, -0.2) is 0 Å². The van der Waals surface area contributed by atoms with Gasteiger partial charge in [-0.15, -0.1) is 0 Å². The van der Waals surface area contributed by atoms with E-state index >= 15 is 0 Å². The van der Waals surface area contributed by atoms with Crippen LogP contribution in [0.3, 0.4) is 0 Å². The molecule has 1 atom stereocenters. The van der Waals surface area contributed by atoms with Crippen molar-refractivity contribution in [2.24, 2.45) is 5.73 Å². The number of ether oxygens (including phenoxy) is 2. The number of likely N-dealkylation sites (N-methyl/N-ethyl adjacent to an activating group) is 1. The molecule has 2 N–H and O–H groups in total. The van der Waals surface area contributed by atoms with Gasteiger partial charge >= 0.3 is 0 Å². The van der Waals surface area contributed by atoms with E-state index < -0.39 is 0 Å². The van der Waals surface area contributed by atoms with E-state index in [1.807, 2.05) is 18.2 Å². The molecule has 0 saturated heterocycles. The molecule has 0 aromatic heterocycles. The molecule has 1 unspecified atom stereocenters. The molecular weight excluding hydrogens is 216 g/mol. The first kappa shape index (κ1) is 12.2. The topological polar surface area (TPSA) is 47.7 Å². The Morgan fingerprint density at radius 1 is 1.29 bits per heavy atom. The lowest BCUT2D eigenvalue weighted by atomic mass is 10.1. The maximum Gasteiger partial charge on any atom is 0.161 e. The van der Waals surface area contributed by atoms with Gasteiger partial charge in [-0.3, -0.25) is 0 Å². The van der Waals surface area contributed by atoms with Crippen LogP contribution in [0.1, 0.15) is 18.5 Å². The van der Waals surface area contributed by atoms with E-state index in [0.717, 1.165) is 30.2 Å². The van der Waals surface area contributed by atoms with Crippen LogP contribution in [0.5, 0.6) is 11.5 Å². The van der Waals surface area contributed by atoms with E-state index in [4.69, 9.17) is 15.2 Å². The molecule has 0 bridgehead atoms. The first-order valence-corrected chi connectivity index (χ1v) is 6.04. The van der Waals surface area contributed by atoms with Gasteiger partial charge in [-0.1, -0.05) is 13.0 Å². The lowest BCUT2D eigenvalue weighted by molar-refractivity contribution is 0.171. The van der Waals surface area contributed by atoms with E-state index in [-0.39, 0.29) is 6.04 Å². The van der Waals surface area contributed by atoms with E-state index in [1.54, 1.807) is 0 Å². The number of fused-ring (bicyclic) bond motifs is 1. The van der Waals surface area contributed by atoms with Crippen molar-refractivity contribution in [3.63, 3.8) is 0 Å². The smallest absolute Gasteiger partial charge is 0.161 e. The Bertz CT molecular complexity index is 382. The summed E-state index contributed by atoms with van der Waals surface area (Å²) in [7, 11) is 2.07. The molecule has 17 heavy (non-hydrogen) atoms. The van der Waals surface area contributed by atoms with Crippen LogP contribution in [-0.2, 0) is 0 Å². The minimum Gasteiger partial charge on any atom is -0.486 e. The zero-order valence-electron chi connectivity index (χ0n) is 10.5. The first-order chi connectivity index (χ1) is 8.20. The summed E-state index contributed by atoms with van der Waals surface area (Å²) in [5.74, 6) is 1.62. The van der Waals surface area contributed by atoms with Gasteiger partial charge in [0, 0.05) is 12.6 Å². The molecule has 94 valence electrons. The molecule has 4 nitrogen and oxygen atoms in total. The highest BCUT2D eigenvalue weighted by Crippen LogP contribution is 2.32. The minimum absolute atomic E-state index is 0.00998. The molecule has 0 radical (unpaired) electrons. The van der Waals surface area contributed by atoms with Crippen molar-refractivity contribution in [3.05, 3.63) is 23.8 Å². The van der Waals surface area contributed by atoms with Crippen LogP contribution in [0.15, 0.2) is 18.2 Å². The third-order valence-electron chi connectivity index (χ3n) is 3.04. The predicted octanol–water partition coefficient (Wildman–Crippen LogP) is 1.41. The number of nitrogens with two attached hydrogens (primary N) is 1. The third kappa shape index (κ3) is 2.90. The second-order valence-corrected chi connectivity index (χ2v) is 4.36. The summed E-state index contributed by atoms with van der Waals surface area (Å²) in [5, 5.41) is 0. The summed E-state index contributed by atoms with van der Waals surface area (Å²) in [5.41, 5.74) is 7.26. The maximum atomic E-state index is 6.17. The molecular formula is C13H20N2O2. The number of rotatable bonds is 4. The van der Waals surface area contributed by atoms with Gasteiger partial charge in [-0.05, 0) is 31.3 Å². The molecule has 0 aliphatic carbocycles. The Morgan fingerprint density at radius 3 is 2.71 bits per heavy atom. The molecule has 0 saturated carbocycles. The van der Waals surface area contributed by atoms with Crippen LogP contribution in [-0.4, -0.2) is 38.3 Å². The van der Waals surface area contributed by atoms with Crippen molar-refractivity contribution in [3.8, 4) is 11.5 Å². The number of hydrogen-bond acceptors (Lipinski definition) is 4. The van der Waals surface area contributed by atoms with Crippen molar-refractivity contribution in [2.75, 3.05) is 33.4 Å². The van der Waals surface area contributed by atoms with E-state index in [1.165, 1.54) is 0 Å². The molecule has 1 aromatic rings. The van der Waals surface area contributed by atoms with Crippen LogP contribution in [0.2, 0.25) is 0 Å². The van der Waals surface area contributed by atoms with Gasteiger partial charge in [0.05, 0.1) is 0 Å². The molecule has 4 heteroatoms. The summed E-state index contributed by atoms with van der Waals surface area (Å²) < 4.78 is 11.0. The van der Waals surface area contributed by atoms with Crippen LogP contribution >= 0.6 is 0 Å². The number of hydrogen-bond donors (Lipinski definition) is 1. The lowest BCUT2D eigenvalue weighted by Crippen LogP contribution is -2.29. The van der Waals surface area contributed by atoms with Crippen molar-refractivity contribution in [2.45, 2.75) is 13.0 Å². The second-order valence-electron chi connectivity index (χ2n) is 4.36. The van der Waals surface area contributed by atoms with Gasteiger partial charge < -0.3 is 20.1 Å². The van der Waals surface area contributed by atoms with E-state index in [0.29, 0.717) is 13.2 Å². The Labute approximate surface area is 102 Å². The van der Waals surface area contributed by atoms with Crippen LogP contribution in [0.25, 0.3) is 0 Å². The molecule has 2 rings (SSSR count). The SMILES string of the molecule is CCN(C)CC(N)c1ccc2c(c1)OCCO2. The van der Waals surface area contributed by atoms with E-state index in [9.17, 15) is 0 Å². The molecule has 1 aliphatic heterocycles. The zero-order chi connectivity index (χ0) is 12.3. The lowest BCUT2D eigenvalue weighted by Gasteiger charge is -2.23. The van der Waals surface area contributed by atoms with Crippen molar-refractivity contribution in [1.82, 2.24) is 4.90 Å². The van der Waals surface area contributed by atoms with Gasteiger partial charge in [0.2, 0.25) is 0 Å². The van der Waals surface area contributed by atoms with Crippen molar-refractivity contribution >= 4 is 0 Å². The first-order valence-electron chi connectivity index (χ1n) is 6.04. The second kappa shape index (κ2) is 5.38. The monoisotopic (exact) mass is 236 g/mol. The van der Waals surface area contributed by atoms with Gasteiger partial charge in [0.15, 0.2) is 11.5 Å². The number of nitrogens with zero attached hydrogens (tertiary/aromatic N) is 1. The third-order valence-corrected chi connectivity index (χ3v) is 3.04. The average molecular weight is 236 g/mol. The number of benzene rings is 1. The Hall–Kier alpha value is -1.26. The fraction of sp³-hybridized carbons (Fsp3) is 0.538. The van der Waals surface area contributed by atoms with Gasteiger partial charge in [0.1, 0.15) is 13.2 Å². The highest BCUT2D eigenvalue weighted by Gasteiger charge is 2.15. The van der Waals surface area contributed by atoms with Crippen LogP contribution in [0.4, 0.5) is 0 Å². The summed E-state index contributed by atoms with van der Waals surface area (Å²) >= 11 is 0. The quantitative estimate of drug-likeness (QED) is 0.858. The van der Waals surface area contributed by atoms with Crippen molar-refractivity contribution < 1.29 is 9.47 Å². The summed E-state index contributed by atoms with van der Waals surface area (Å²) in [6.45, 7) is 5.20. The molecule has 1 heterocycles. The minimum atomic E-state index is 0.00998. The van der Waals surface area contributed by atoms with E-state index in [2.05, 4.69) is 18.9 Å².